The molecular formula is C13H16N2O3. The molecule has 18 heavy (non-hydrogen) atoms. The molecule has 0 spiro atoms. The Hall–Kier alpha value is -1.91. The number of pyridine rings is 1. The Balaban J connectivity index is 1.81. The molecule has 0 saturated heterocycles. The average molecular weight is 248 g/mol. The lowest BCUT2D eigenvalue weighted by molar-refractivity contribution is -0.141. The standard InChI is InChI=1S/C13H16N2O3/c16-12(10-3-4-11(6-10)13(17)18)15-8-9-2-1-5-14-7-9/h1-2,5,7,10-11H,3-4,6,8H2,(H,15,16)(H,17,18). The zero-order chi connectivity index (χ0) is 13.0. The maximum absolute atomic E-state index is 11.9. The normalized spacial score (nSPS) is 22.7. The van der Waals surface area contributed by atoms with Crippen LogP contribution in [0.3, 0.4) is 0 Å². The number of nitrogens with zero attached hydrogens (tertiary/aromatic N) is 1. The van der Waals surface area contributed by atoms with Gasteiger partial charge in [-0.25, -0.2) is 0 Å². The Kier molecular flexibility index (Phi) is 3.92. The summed E-state index contributed by atoms with van der Waals surface area (Å²) >= 11 is 0. The molecule has 5 nitrogen and oxygen atoms in total. The fourth-order valence-corrected chi connectivity index (χ4v) is 2.28. The Bertz CT molecular complexity index is 433. The first-order valence-corrected chi connectivity index (χ1v) is 6.06. The quantitative estimate of drug-likeness (QED) is 0.839. The molecule has 1 aromatic rings. The zero-order valence-electron chi connectivity index (χ0n) is 10.0. The number of aromatic nitrogens is 1. The van der Waals surface area contributed by atoms with Gasteiger partial charge in [-0.3, -0.25) is 14.6 Å². The van der Waals surface area contributed by atoms with Crippen molar-refractivity contribution in [2.45, 2.75) is 25.8 Å². The first-order valence-electron chi connectivity index (χ1n) is 6.06. The van der Waals surface area contributed by atoms with Crippen molar-refractivity contribution >= 4 is 11.9 Å². The summed E-state index contributed by atoms with van der Waals surface area (Å²) in [5.41, 5.74) is 0.943. The Morgan fingerprint density at radius 1 is 1.39 bits per heavy atom. The van der Waals surface area contributed by atoms with E-state index in [0.29, 0.717) is 25.8 Å². The predicted octanol–water partition coefficient (Wildman–Crippen LogP) is 1.20. The predicted molar refractivity (Wildman–Crippen MR) is 64.6 cm³/mol. The second-order valence-electron chi connectivity index (χ2n) is 4.62. The second-order valence-corrected chi connectivity index (χ2v) is 4.62. The summed E-state index contributed by atoms with van der Waals surface area (Å²) in [7, 11) is 0. The van der Waals surface area contributed by atoms with Crippen molar-refractivity contribution < 1.29 is 14.7 Å². The smallest absolute Gasteiger partial charge is 0.306 e. The van der Waals surface area contributed by atoms with Crippen LogP contribution in [0.1, 0.15) is 24.8 Å². The Labute approximate surface area is 105 Å². The molecule has 0 radical (unpaired) electrons. The van der Waals surface area contributed by atoms with Crippen molar-refractivity contribution in [1.29, 1.82) is 0 Å². The van der Waals surface area contributed by atoms with E-state index >= 15 is 0 Å². The first kappa shape index (κ1) is 12.5. The maximum atomic E-state index is 11.9. The van der Waals surface area contributed by atoms with Crippen molar-refractivity contribution in [3.63, 3.8) is 0 Å². The zero-order valence-corrected chi connectivity index (χ0v) is 10.0. The number of amides is 1. The molecule has 2 unspecified atom stereocenters. The van der Waals surface area contributed by atoms with Gasteiger partial charge in [-0.2, -0.15) is 0 Å². The van der Waals surface area contributed by atoms with Crippen LogP contribution in [-0.4, -0.2) is 22.0 Å². The fraction of sp³-hybridized carbons (Fsp3) is 0.462. The van der Waals surface area contributed by atoms with Gasteiger partial charge in [0, 0.05) is 24.9 Å². The molecule has 1 saturated carbocycles. The maximum Gasteiger partial charge on any atom is 0.306 e. The minimum atomic E-state index is -0.794. The molecule has 0 aliphatic heterocycles. The largest absolute Gasteiger partial charge is 0.481 e. The molecule has 96 valence electrons. The van der Waals surface area contributed by atoms with Crippen molar-refractivity contribution in [3.05, 3.63) is 30.1 Å². The lowest BCUT2D eigenvalue weighted by Crippen LogP contribution is -2.29. The van der Waals surface area contributed by atoms with Gasteiger partial charge in [0.15, 0.2) is 0 Å². The van der Waals surface area contributed by atoms with Gasteiger partial charge in [0.25, 0.3) is 0 Å². The van der Waals surface area contributed by atoms with E-state index in [1.54, 1.807) is 12.4 Å². The van der Waals surface area contributed by atoms with Gasteiger partial charge in [0.05, 0.1) is 5.92 Å². The van der Waals surface area contributed by atoms with Crippen LogP contribution in [0.15, 0.2) is 24.5 Å². The summed E-state index contributed by atoms with van der Waals surface area (Å²) in [5, 5.41) is 11.7. The molecule has 2 rings (SSSR count). The number of carbonyl (C=O) groups excluding carboxylic acids is 1. The number of hydrogen-bond donors (Lipinski definition) is 2. The summed E-state index contributed by atoms with van der Waals surface area (Å²) in [6.45, 7) is 0.445. The minimum absolute atomic E-state index is 0.0531. The number of hydrogen-bond acceptors (Lipinski definition) is 3. The first-order chi connectivity index (χ1) is 8.66. The molecule has 1 fully saturated rings. The number of carbonyl (C=O) groups is 2. The van der Waals surface area contributed by atoms with E-state index in [0.717, 1.165) is 5.56 Å². The average Bonchev–Trinajstić information content (AvgIpc) is 2.87. The lowest BCUT2D eigenvalue weighted by atomic mass is 10.0. The fourth-order valence-electron chi connectivity index (χ4n) is 2.28. The Morgan fingerprint density at radius 3 is 2.78 bits per heavy atom. The van der Waals surface area contributed by atoms with Gasteiger partial charge in [0.1, 0.15) is 0 Å². The number of carboxylic acid groups (broad SMARTS) is 1. The molecule has 1 aromatic heterocycles. The number of aliphatic carboxylic acids is 1. The molecule has 0 aromatic carbocycles. The molecule has 2 atom stereocenters. The van der Waals surface area contributed by atoms with E-state index < -0.39 is 5.97 Å². The van der Waals surface area contributed by atoms with Gasteiger partial charge in [-0.1, -0.05) is 6.07 Å². The van der Waals surface area contributed by atoms with Crippen LogP contribution in [0, 0.1) is 11.8 Å². The van der Waals surface area contributed by atoms with E-state index in [9.17, 15) is 9.59 Å². The minimum Gasteiger partial charge on any atom is -0.481 e. The molecule has 0 bridgehead atoms. The van der Waals surface area contributed by atoms with E-state index in [1.807, 2.05) is 12.1 Å². The van der Waals surface area contributed by atoms with Crippen LogP contribution in [0.5, 0.6) is 0 Å². The third kappa shape index (κ3) is 3.06. The molecule has 1 aliphatic rings. The van der Waals surface area contributed by atoms with E-state index in [-0.39, 0.29) is 17.7 Å². The van der Waals surface area contributed by atoms with Crippen molar-refractivity contribution in [1.82, 2.24) is 10.3 Å². The van der Waals surface area contributed by atoms with Gasteiger partial charge < -0.3 is 10.4 Å². The van der Waals surface area contributed by atoms with Crippen LogP contribution in [0.25, 0.3) is 0 Å². The summed E-state index contributed by atoms with van der Waals surface area (Å²) in [4.78, 5) is 26.6. The van der Waals surface area contributed by atoms with Gasteiger partial charge in [-0.05, 0) is 30.9 Å². The number of rotatable bonds is 4. The highest BCUT2D eigenvalue weighted by Gasteiger charge is 2.33. The van der Waals surface area contributed by atoms with E-state index in [2.05, 4.69) is 10.3 Å². The van der Waals surface area contributed by atoms with Crippen molar-refractivity contribution in [3.8, 4) is 0 Å². The van der Waals surface area contributed by atoms with Crippen LogP contribution in [0.2, 0.25) is 0 Å². The van der Waals surface area contributed by atoms with Crippen LogP contribution in [-0.2, 0) is 16.1 Å². The number of carboxylic acids is 1. The highest BCUT2D eigenvalue weighted by Crippen LogP contribution is 2.31. The second kappa shape index (κ2) is 5.62. The summed E-state index contributed by atoms with van der Waals surface area (Å²) < 4.78 is 0. The molecule has 1 aliphatic carbocycles. The SMILES string of the molecule is O=C(O)C1CCC(C(=O)NCc2cccnc2)C1. The molecule has 1 amide bonds. The summed E-state index contributed by atoms with van der Waals surface area (Å²) in [6, 6.07) is 3.71. The number of nitrogens with one attached hydrogen (secondary N) is 1. The lowest BCUT2D eigenvalue weighted by Gasteiger charge is -2.10. The third-order valence-electron chi connectivity index (χ3n) is 3.34. The molecule has 5 heteroatoms. The van der Waals surface area contributed by atoms with Crippen molar-refractivity contribution in [2.75, 3.05) is 0 Å². The molecule has 2 N–H and O–H groups in total. The van der Waals surface area contributed by atoms with Gasteiger partial charge >= 0.3 is 5.97 Å². The highest BCUT2D eigenvalue weighted by molar-refractivity contribution is 5.80. The van der Waals surface area contributed by atoms with Crippen molar-refractivity contribution in [2.24, 2.45) is 11.8 Å². The van der Waals surface area contributed by atoms with E-state index in [1.165, 1.54) is 0 Å². The molecular weight excluding hydrogens is 232 g/mol. The van der Waals surface area contributed by atoms with Crippen LogP contribution in [0.4, 0.5) is 0 Å². The van der Waals surface area contributed by atoms with Crippen LogP contribution >= 0.6 is 0 Å². The van der Waals surface area contributed by atoms with Gasteiger partial charge in [0.2, 0.25) is 5.91 Å². The van der Waals surface area contributed by atoms with Crippen LogP contribution < -0.4 is 5.32 Å². The Morgan fingerprint density at radius 2 is 2.17 bits per heavy atom. The van der Waals surface area contributed by atoms with Gasteiger partial charge in [-0.15, -0.1) is 0 Å². The summed E-state index contributed by atoms with van der Waals surface area (Å²) in [6.07, 6.45) is 5.10. The monoisotopic (exact) mass is 248 g/mol. The van der Waals surface area contributed by atoms with E-state index in [4.69, 9.17) is 5.11 Å². The summed E-state index contributed by atoms with van der Waals surface area (Å²) in [5.74, 6) is -1.37. The third-order valence-corrected chi connectivity index (χ3v) is 3.34. The highest BCUT2D eigenvalue weighted by atomic mass is 16.4. The molecule has 1 heterocycles. The topological polar surface area (TPSA) is 79.3 Å².